The van der Waals surface area contributed by atoms with Gasteiger partial charge in [0.25, 0.3) is 5.91 Å². The fourth-order valence-electron chi connectivity index (χ4n) is 1.98. The maximum absolute atomic E-state index is 12.1. The highest BCUT2D eigenvalue weighted by atomic mass is 16.4. The zero-order chi connectivity index (χ0) is 15.3. The van der Waals surface area contributed by atoms with Gasteiger partial charge in [-0.05, 0) is 39.3 Å². The number of aryl methyl sites for hydroxylation is 2. The second-order valence-corrected chi connectivity index (χ2v) is 5.01. The minimum absolute atomic E-state index is 0.0857. The molecule has 5 heteroatoms. The molecular formula is C15H18N2O3. The molecule has 1 aromatic carbocycles. The summed E-state index contributed by atoms with van der Waals surface area (Å²) in [6.07, 6.45) is 0.0857. The maximum Gasteiger partial charge on any atom is 0.326 e. The summed E-state index contributed by atoms with van der Waals surface area (Å²) in [5, 5.41) is 20.3. The number of carbonyl (C=O) groups is 2. The number of carboxylic acids is 1. The molecule has 0 saturated heterocycles. The fraction of sp³-hybridized carbons (Fsp3) is 0.400. The Hall–Kier alpha value is -2.35. The van der Waals surface area contributed by atoms with Crippen LogP contribution in [-0.2, 0) is 4.79 Å². The van der Waals surface area contributed by atoms with Gasteiger partial charge in [0, 0.05) is 11.5 Å². The molecule has 0 fully saturated rings. The van der Waals surface area contributed by atoms with Crippen molar-refractivity contribution in [2.75, 3.05) is 0 Å². The zero-order valence-corrected chi connectivity index (χ0v) is 11.8. The highest BCUT2D eigenvalue weighted by Gasteiger charge is 2.23. The van der Waals surface area contributed by atoms with Crippen LogP contribution < -0.4 is 5.32 Å². The summed E-state index contributed by atoms with van der Waals surface area (Å²) >= 11 is 0. The molecule has 0 radical (unpaired) electrons. The van der Waals surface area contributed by atoms with Crippen LogP contribution in [0.5, 0.6) is 0 Å². The van der Waals surface area contributed by atoms with Crippen molar-refractivity contribution in [2.24, 2.45) is 5.92 Å². The minimum atomic E-state index is -1.13. The van der Waals surface area contributed by atoms with Crippen LogP contribution >= 0.6 is 0 Å². The summed E-state index contributed by atoms with van der Waals surface area (Å²) in [4.78, 5) is 23.2. The van der Waals surface area contributed by atoms with Crippen LogP contribution in [0.2, 0.25) is 0 Å². The third kappa shape index (κ3) is 4.39. The van der Waals surface area contributed by atoms with Gasteiger partial charge in [-0.15, -0.1) is 0 Å². The van der Waals surface area contributed by atoms with Crippen molar-refractivity contribution in [3.63, 3.8) is 0 Å². The van der Waals surface area contributed by atoms with Gasteiger partial charge in [0.1, 0.15) is 6.04 Å². The molecule has 0 aromatic heterocycles. The Morgan fingerprint density at radius 3 is 2.30 bits per heavy atom. The average molecular weight is 274 g/mol. The molecule has 0 spiro atoms. The molecule has 1 rings (SSSR count). The smallest absolute Gasteiger partial charge is 0.326 e. The normalized spacial score (nSPS) is 13.1. The highest BCUT2D eigenvalue weighted by molar-refractivity contribution is 5.96. The molecular weight excluding hydrogens is 256 g/mol. The molecule has 0 saturated carbocycles. The van der Waals surface area contributed by atoms with Crippen LogP contribution in [0.25, 0.3) is 0 Å². The minimum Gasteiger partial charge on any atom is -0.480 e. The Balaban J connectivity index is 2.86. The molecule has 2 atom stereocenters. The van der Waals surface area contributed by atoms with Crippen molar-refractivity contribution in [1.82, 2.24) is 5.32 Å². The molecule has 0 heterocycles. The summed E-state index contributed by atoms with van der Waals surface area (Å²) in [6.45, 7) is 5.37. The summed E-state index contributed by atoms with van der Waals surface area (Å²) in [7, 11) is 0. The number of hydrogen-bond acceptors (Lipinski definition) is 3. The van der Waals surface area contributed by atoms with Crippen molar-refractivity contribution in [1.29, 1.82) is 5.26 Å². The van der Waals surface area contributed by atoms with Gasteiger partial charge in [0.2, 0.25) is 0 Å². The van der Waals surface area contributed by atoms with Crippen LogP contribution in [0.1, 0.15) is 34.8 Å². The van der Waals surface area contributed by atoms with Crippen molar-refractivity contribution in [2.45, 2.75) is 33.2 Å². The van der Waals surface area contributed by atoms with Crippen LogP contribution in [0.3, 0.4) is 0 Å². The number of rotatable bonds is 5. The lowest BCUT2D eigenvalue weighted by Gasteiger charge is -2.16. The standard InChI is InChI=1S/C15H18N2O3/c1-9-4-10(2)6-12(5-9)14(18)17-13(15(19)20)7-11(3)8-16/h4-6,11,13H,7H2,1-3H3,(H,17,18)(H,19,20)/t11-,13+/m1/s1. The molecule has 20 heavy (non-hydrogen) atoms. The number of nitrogens with zero attached hydrogens (tertiary/aromatic N) is 1. The van der Waals surface area contributed by atoms with E-state index in [9.17, 15) is 9.59 Å². The number of nitrogens with one attached hydrogen (secondary N) is 1. The molecule has 0 bridgehead atoms. The van der Waals surface area contributed by atoms with Gasteiger partial charge in [-0.2, -0.15) is 5.26 Å². The number of carboxylic acid groups (broad SMARTS) is 1. The van der Waals surface area contributed by atoms with Crippen LogP contribution in [0.4, 0.5) is 0 Å². The molecule has 0 aliphatic rings. The van der Waals surface area contributed by atoms with E-state index in [4.69, 9.17) is 10.4 Å². The van der Waals surface area contributed by atoms with Gasteiger partial charge in [-0.3, -0.25) is 4.79 Å². The predicted molar refractivity (Wildman–Crippen MR) is 74.2 cm³/mol. The summed E-state index contributed by atoms with van der Waals surface area (Å²) in [5.41, 5.74) is 2.30. The maximum atomic E-state index is 12.1. The quantitative estimate of drug-likeness (QED) is 0.859. The molecule has 1 aromatic rings. The Kier molecular flexibility index (Phi) is 5.27. The van der Waals surface area contributed by atoms with E-state index >= 15 is 0 Å². The molecule has 0 unspecified atom stereocenters. The van der Waals surface area contributed by atoms with Gasteiger partial charge in [0.15, 0.2) is 0 Å². The van der Waals surface area contributed by atoms with E-state index in [2.05, 4.69) is 5.32 Å². The van der Waals surface area contributed by atoms with Gasteiger partial charge in [-0.1, -0.05) is 17.2 Å². The van der Waals surface area contributed by atoms with Crippen molar-refractivity contribution >= 4 is 11.9 Å². The molecule has 0 aliphatic heterocycles. The third-order valence-electron chi connectivity index (χ3n) is 2.90. The van der Waals surface area contributed by atoms with Crippen LogP contribution in [0.15, 0.2) is 18.2 Å². The number of amides is 1. The SMILES string of the molecule is Cc1cc(C)cc(C(=O)N[C@@H](C[C@@H](C)C#N)C(=O)O)c1. The molecule has 1 amide bonds. The van der Waals surface area contributed by atoms with Crippen LogP contribution in [-0.4, -0.2) is 23.0 Å². The first-order valence-corrected chi connectivity index (χ1v) is 6.35. The lowest BCUT2D eigenvalue weighted by atomic mass is 10.0. The molecule has 2 N–H and O–H groups in total. The number of hydrogen-bond donors (Lipinski definition) is 2. The third-order valence-corrected chi connectivity index (χ3v) is 2.90. The van der Waals surface area contributed by atoms with E-state index in [1.54, 1.807) is 19.1 Å². The Morgan fingerprint density at radius 2 is 1.85 bits per heavy atom. The summed E-state index contributed by atoms with van der Waals surface area (Å²) in [5.74, 6) is -2.00. The van der Waals surface area contributed by atoms with E-state index in [1.165, 1.54) is 0 Å². The Bertz CT molecular complexity index is 540. The molecule has 106 valence electrons. The van der Waals surface area contributed by atoms with Crippen molar-refractivity contribution in [3.05, 3.63) is 34.9 Å². The second-order valence-electron chi connectivity index (χ2n) is 5.01. The lowest BCUT2D eigenvalue weighted by Crippen LogP contribution is -2.41. The van der Waals surface area contributed by atoms with E-state index < -0.39 is 23.8 Å². The Labute approximate surface area is 118 Å². The first-order chi connectivity index (χ1) is 9.33. The fourth-order valence-corrected chi connectivity index (χ4v) is 1.98. The van der Waals surface area contributed by atoms with Crippen LogP contribution in [0, 0.1) is 31.1 Å². The molecule has 5 nitrogen and oxygen atoms in total. The topological polar surface area (TPSA) is 90.2 Å². The summed E-state index contributed by atoms with van der Waals surface area (Å²) in [6, 6.07) is 6.25. The summed E-state index contributed by atoms with van der Waals surface area (Å²) < 4.78 is 0. The monoisotopic (exact) mass is 274 g/mol. The Morgan fingerprint density at radius 1 is 1.30 bits per heavy atom. The van der Waals surface area contributed by atoms with Gasteiger partial charge >= 0.3 is 5.97 Å². The van der Waals surface area contributed by atoms with Crippen molar-refractivity contribution < 1.29 is 14.7 Å². The van der Waals surface area contributed by atoms with E-state index in [0.29, 0.717) is 5.56 Å². The van der Waals surface area contributed by atoms with E-state index in [1.807, 2.05) is 26.0 Å². The number of benzene rings is 1. The number of nitriles is 1. The zero-order valence-electron chi connectivity index (χ0n) is 11.8. The predicted octanol–water partition coefficient (Wildman–Crippen LogP) is 2.04. The van der Waals surface area contributed by atoms with Gasteiger partial charge in [-0.25, -0.2) is 4.79 Å². The van der Waals surface area contributed by atoms with Gasteiger partial charge < -0.3 is 10.4 Å². The lowest BCUT2D eigenvalue weighted by molar-refractivity contribution is -0.139. The largest absolute Gasteiger partial charge is 0.480 e. The number of aliphatic carboxylic acids is 1. The highest BCUT2D eigenvalue weighted by Crippen LogP contribution is 2.11. The number of carbonyl (C=O) groups excluding carboxylic acids is 1. The first kappa shape index (κ1) is 15.7. The second kappa shape index (κ2) is 6.71. The molecule has 0 aliphatic carbocycles. The van der Waals surface area contributed by atoms with E-state index in [-0.39, 0.29) is 6.42 Å². The average Bonchev–Trinajstić information content (AvgIpc) is 2.36. The first-order valence-electron chi connectivity index (χ1n) is 6.35. The van der Waals surface area contributed by atoms with Crippen molar-refractivity contribution in [3.8, 4) is 6.07 Å². The van der Waals surface area contributed by atoms with Gasteiger partial charge in [0.05, 0.1) is 6.07 Å². The van der Waals surface area contributed by atoms with E-state index in [0.717, 1.165) is 11.1 Å².